The molecule has 1 aromatic heterocycles. The van der Waals surface area contributed by atoms with Crippen molar-refractivity contribution in [3.8, 4) is 0 Å². The second-order valence-corrected chi connectivity index (χ2v) is 7.87. The number of benzene rings is 2. The Hall–Kier alpha value is -2.90. The van der Waals surface area contributed by atoms with Gasteiger partial charge in [0, 0.05) is 12.1 Å². The zero-order valence-corrected chi connectivity index (χ0v) is 15.6. The number of sulfonamides is 1. The summed E-state index contributed by atoms with van der Waals surface area (Å²) >= 11 is 0. The fraction of sp³-hybridized carbons (Fsp3) is 0.150. The van der Waals surface area contributed by atoms with Crippen molar-refractivity contribution in [3.05, 3.63) is 89.4 Å². The summed E-state index contributed by atoms with van der Waals surface area (Å²) in [4.78, 5) is 12.2. The molecule has 0 radical (unpaired) electrons. The van der Waals surface area contributed by atoms with Crippen LogP contribution in [0.2, 0.25) is 0 Å². The molecule has 0 aliphatic carbocycles. The minimum atomic E-state index is -3.66. The average molecular weight is 384 g/mol. The van der Waals surface area contributed by atoms with Crippen LogP contribution in [0.3, 0.4) is 0 Å². The van der Waals surface area contributed by atoms with Crippen molar-refractivity contribution in [2.24, 2.45) is 0 Å². The molecule has 0 aliphatic rings. The van der Waals surface area contributed by atoms with Crippen LogP contribution in [-0.4, -0.2) is 14.3 Å². The van der Waals surface area contributed by atoms with Crippen molar-refractivity contribution in [1.82, 2.24) is 10.0 Å². The molecule has 1 heterocycles. The Morgan fingerprint density at radius 2 is 1.78 bits per heavy atom. The van der Waals surface area contributed by atoms with E-state index in [-0.39, 0.29) is 23.9 Å². The first-order valence-corrected chi connectivity index (χ1v) is 9.88. The summed E-state index contributed by atoms with van der Waals surface area (Å²) in [6.45, 7) is 2.42. The van der Waals surface area contributed by atoms with Gasteiger partial charge in [0.15, 0.2) is 0 Å². The zero-order chi connectivity index (χ0) is 19.3. The van der Waals surface area contributed by atoms with Crippen molar-refractivity contribution in [2.45, 2.75) is 24.9 Å². The molecule has 3 rings (SSSR count). The van der Waals surface area contributed by atoms with Crippen LogP contribution in [0.15, 0.2) is 76.2 Å². The highest BCUT2D eigenvalue weighted by Gasteiger charge is 2.15. The van der Waals surface area contributed by atoms with E-state index >= 15 is 0 Å². The van der Waals surface area contributed by atoms with Crippen molar-refractivity contribution in [3.63, 3.8) is 0 Å². The number of aryl methyl sites for hydroxylation is 1. The van der Waals surface area contributed by atoms with E-state index in [1.54, 1.807) is 12.1 Å². The molecule has 2 N–H and O–H groups in total. The minimum absolute atomic E-state index is 0.109. The minimum Gasteiger partial charge on any atom is -0.467 e. The summed E-state index contributed by atoms with van der Waals surface area (Å²) in [5.41, 5.74) is 2.32. The van der Waals surface area contributed by atoms with E-state index in [0.717, 1.165) is 11.1 Å². The first-order valence-electron chi connectivity index (χ1n) is 8.40. The molecule has 0 aliphatic heterocycles. The monoisotopic (exact) mass is 384 g/mol. The summed E-state index contributed by atoms with van der Waals surface area (Å²) in [5, 5.41) is 2.71. The van der Waals surface area contributed by atoms with E-state index < -0.39 is 10.0 Å². The lowest BCUT2D eigenvalue weighted by atomic mass is 10.1. The van der Waals surface area contributed by atoms with Crippen molar-refractivity contribution in [1.29, 1.82) is 0 Å². The second-order valence-electron chi connectivity index (χ2n) is 6.10. The highest BCUT2D eigenvalue weighted by molar-refractivity contribution is 7.89. The highest BCUT2D eigenvalue weighted by atomic mass is 32.2. The largest absolute Gasteiger partial charge is 0.467 e. The first kappa shape index (κ1) is 18.9. The number of nitrogens with one attached hydrogen (secondary N) is 2. The van der Waals surface area contributed by atoms with E-state index in [9.17, 15) is 13.2 Å². The quantitative estimate of drug-likeness (QED) is 0.655. The van der Waals surface area contributed by atoms with Gasteiger partial charge in [0.05, 0.1) is 17.7 Å². The predicted octanol–water partition coefficient (Wildman–Crippen LogP) is 3.00. The lowest BCUT2D eigenvalue weighted by molar-refractivity contribution is 0.0948. The van der Waals surface area contributed by atoms with E-state index in [1.807, 2.05) is 31.2 Å². The SMILES string of the molecule is Cc1cccc(CNS(=O)(=O)c2ccc(C(=O)NCc3ccco3)cc2)c1. The Morgan fingerprint density at radius 3 is 2.44 bits per heavy atom. The molecule has 0 fully saturated rings. The standard InChI is InChI=1S/C20H20N2O4S/c1-15-4-2-5-16(12-15)13-22-27(24,25)19-9-7-17(8-10-19)20(23)21-14-18-6-3-11-26-18/h2-12,22H,13-14H2,1H3,(H,21,23). The highest BCUT2D eigenvalue weighted by Crippen LogP contribution is 2.12. The molecule has 0 saturated heterocycles. The maximum atomic E-state index is 12.4. The van der Waals surface area contributed by atoms with Crippen LogP contribution < -0.4 is 10.0 Å². The third-order valence-corrected chi connectivity index (χ3v) is 5.40. The molecule has 1 amide bonds. The molecular weight excluding hydrogens is 364 g/mol. The number of hydrogen-bond acceptors (Lipinski definition) is 4. The van der Waals surface area contributed by atoms with Gasteiger partial charge in [-0.3, -0.25) is 4.79 Å². The summed E-state index contributed by atoms with van der Waals surface area (Å²) < 4.78 is 32.6. The van der Waals surface area contributed by atoms with E-state index in [0.29, 0.717) is 11.3 Å². The molecule has 0 bridgehead atoms. The van der Waals surface area contributed by atoms with Gasteiger partial charge in [-0.25, -0.2) is 13.1 Å². The Bertz CT molecular complexity index is 1010. The van der Waals surface area contributed by atoms with Gasteiger partial charge >= 0.3 is 0 Å². The van der Waals surface area contributed by atoms with Crippen LogP contribution in [-0.2, 0) is 23.1 Å². The van der Waals surface area contributed by atoms with Crippen LogP contribution in [0.4, 0.5) is 0 Å². The van der Waals surface area contributed by atoms with Crippen LogP contribution in [0.5, 0.6) is 0 Å². The van der Waals surface area contributed by atoms with Crippen molar-refractivity contribution >= 4 is 15.9 Å². The molecule has 3 aromatic rings. The molecule has 0 atom stereocenters. The fourth-order valence-corrected chi connectivity index (χ4v) is 3.57. The molecule has 27 heavy (non-hydrogen) atoms. The van der Waals surface area contributed by atoms with Gasteiger partial charge < -0.3 is 9.73 Å². The molecule has 7 heteroatoms. The second kappa shape index (κ2) is 8.20. The third kappa shape index (κ3) is 5.06. The Kier molecular flexibility index (Phi) is 5.73. The maximum absolute atomic E-state index is 12.4. The Morgan fingerprint density at radius 1 is 1.00 bits per heavy atom. The number of amides is 1. The molecule has 140 valence electrons. The lowest BCUT2D eigenvalue weighted by Gasteiger charge is -2.08. The Labute approximate surface area is 158 Å². The fourth-order valence-electron chi connectivity index (χ4n) is 2.55. The summed E-state index contributed by atoms with van der Waals surface area (Å²) in [5.74, 6) is 0.339. The topological polar surface area (TPSA) is 88.4 Å². The predicted molar refractivity (Wildman–Crippen MR) is 102 cm³/mol. The average Bonchev–Trinajstić information content (AvgIpc) is 3.18. The Balaban J connectivity index is 1.62. The van der Waals surface area contributed by atoms with Gasteiger partial charge in [-0.2, -0.15) is 0 Å². The molecule has 6 nitrogen and oxygen atoms in total. The van der Waals surface area contributed by atoms with Crippen molar-refractivity contribution < 1.29 is 17.6 Å². The summed E-state index contributed by atoms with van der Waals surface area (Å²) in [6.07, 6.45) is 1.53. The van der Waals surface area contributed by atoms with Crippen LogP contribution in [0, 0.1) is 6.92 Å². The van der Waals surface area contributed by atoms with Gasteiger partial charge in [0.1, 0.15) is 5.76 Å². The first-order chi connectivity index (χ1) is 12.9. The normalized spacial score (nSPS) is 11.3. The van der Waals surface area contributed by atoms with Gasteiger partial charge in [-0.15, -0.1) is 0 Å². The van der Waals surface area contributed by atoms with E-state index in [4.69, 9.17) is 4.42 Å². The summed E-state index contributed by atoms with van der Waals surface area (Å²) in [7, 11) is -3.66. The smallest absolute Gasteiger partial charge is 0.251 e. The summed E-state index contributed by atoms with van der Waals surface area (Å²) in [6, 6.07) is 16.9. The molecule has 0 spiro atoms. The van der Waals surface area contributed by atoms with Crippen LogP contribution in [0.25, 0.3) is 0 Å². The number of rotatable bonds is 7. The van der Waals surface area contributed by atoms with Gasteiger partial charge in [-0.1, -0.05) is 29.8 Å². The third-order valence-electron chi connectivity index (χ3n) is 3.98. The zero-order valence-electron chi connectivity index (χ0n) is 14.8. The van der Waals surface area contributed by atoms with E-state index in [1.165, 1.54) is 30.5 Å². The molecule has 0 saturated carbocycles. The lowest BCUT2D eigenvalue weighted by Crippen LogP contribution is -2.24. The number of hydrogen-bond donors (Lipinski definition) is 2. The van der Waals surface area contributed by atoms with Crippen LogP contribution >= 0.6 is 0 Å². The number of carbonyl (C=O) groups is 1. The van der Waals surface area contributed by atoms with Gasteiger partial charge in [0.2, 0.25) is 10.0 Å². The van der Waals surface area contributed by atoms with Gasteiger partial charge in [0.25, 0.3) is 5.91 Å². The van der Waals surface area contributed by atoms with Crippen LogP contribution in [0.1, 0.15) is 27.2 Å². The van der Waals surface area contributed by atoms with Crippen molar-refractivity contribution in [2.75, 3.05) is 0 Å². The molecule has 2 aromatic carbocycles. The molecular formula is C20H20N2O4S. The van der Waals surface area contributed by atoms with E-state index in [2.05, 4.69) is 10.0 Å². The number of furan rings is 1. The maximum Gasteiger partial charge on any atom is 0.251 e. The molecule has 0 unspecified atom stereocenters. The van der Waals surface area contributed by atoms with Gasteiger partial charge in [-0.05, 0) is 48.9 Å². The number of carbonyl (C=O) groups excluding carboxylic acids is 1.